The Labute approximate surface area is 100 Å². The molecule has 0 bridgehead atoms. The fourth-order valence-corrected chi connectivity index (χ4v) is 2.59. The number of hydrogen-bond acceptors (Lipinski definition) is 4. The zero-order valence-electron chi connectivity index (χ0n) is 10.2. The second-order valence-corrected chi connectivity index (χ2v) is 5.33. The molecule has 1 unspecified atom stereocenters. The number of nitrogens with zero attached hydrogens (tertiary/aromatic N) is 4. The minimum atomic E-state index is 0.193. The molecule has 3 heterocycles. The molecular weight excluding hydrogens is 214 g/mol. The zero-order chi connectivity index (χ0) is 11.9. The summed E-state index contributed by atoms with van der Waals surface area (Å²) in [5.41, 5.74) is 1.00. The molecule has 90 valence electrons. The van der Waals surface area contributed by atoms with Crippen molar-refractivity contribution >= 4 is 5.65 Å². The Morgan fingerprint density at radius 1 is 1.41 bits per heavy atom. The van der Waals surface area contributed by atoms with Crippen molar-refractivity contribution in [1.82, 2.24) is 25.1 Å². The average molecular weight is 231 g/mol. The maximum absolute atomic E-state index is 4.33. The smallest absolute Gasteiger partial charge is 0.177 e. The van der Waals surface area contributed by atoms with Crippen molar-refractivity contribution in [3.8, 4) is 0 Å². The first-order chi connectivity index (χ1) is 8.18. The highest BCUT2D eigenvalue weighted by atomic mass is 15.4. The minimum absolute atomic E-state index is 0.193. The molecule has 0 aromatic carbocycles. The molecule has 5 nitrogen and oxygen atoms in total. The van der Waals surface area contributed by atoms with Crippen LogP contribution in [0.2, 0.25) is 0 Å². The maximum Gasteiger partial charge on any atom is 0.177 e. The molecule has 0 saturated carbocycles. The topological polar surface area (TPSA) is 55.1 Å². The van der Waals surface area contributed by atoms with Crippen molar-refractivity contribution in [2.45, 2.75) is 32.7 Å². The van der Waals surface area contributed by atoms with E-state index in [2.05, 4.69) is 34.5 Å². The summed E-state index contributed by atoms with van der Waals surface area (Å²) in [5, 5.41) is 16.3. The van der Waals surface area contributed by atoms with Gasteiger partial charge in [0, 0.05) is 6.20 Å². The van der Waals surface area contributed by atoms with Gasteiger partial charge in [0.15, 0.2) is 11.5 Å². The fraction of sp³-hybridized carbons (Fsp3) is 0.583. The lowest BCUT2D eigenvalue weighted by molar-refractivity contribution is 0.172. The van der Waals surface area contributed by atoms with Crippen molar-refractivity contribution in [1.29, 1.82) is 0 Å². The fourth-order valence-electron chi connectivity index (χ4n) is 2.59. The second kappa shape index (κ2) is 3.77. The van der Waals surface area contributed by atoms with Crippen molar-refractivity contribution < 1.29 is 0 Å². The molecule has 1 saturated heterocycles. The number of hydrogen-bond donors (Lipinski definition) is 1. The summed E-state index contributed by atoms with van der Waals surface area (Å²) in [6, 6.07) is 4.04. The Balaban J connectivity index is 2.08. The first-order valence-corrected chi connectivity index (χ1v) is 6.08. The van der Waals surface area contributed by atoms with E-state index >= 15 is 0 Å². The van der Waals surface area contributed by atoms with E-state index < -0.39 is 0 Å². The first kappa shape index (κ1) is 10.7. The molecule has 1 fully saturated rings. The van der Waals surface area contributed by atoms with Gasteiger partial charge in [-0.1, -0.05) is 13.8 Å². The van der Waals surface area contributed by atoms with Gasteiger partial charge in [-0.15, -0.1) is 10.2 Å². The van der Waals surface area contributed by atoms with Gasteiger partial charge in [-0.3, -0.25) is 0 Å². The molecule has 2 aromatic rings. The van der Waals surface area contributed by atoms with E-state index in [0.717, 1.165) is 18.0 Å². The number of rotatable bonds is 1. The number of fused-ring (bicyclic) bond motifs is 1. The summed E-state index contributed by atoms with van der Waals surface area (Å²) in [6.07, 6.45) is 4.19. The first-order valence-electron chi connectivity index (χ1n) is 6.08. The van der Waals surface area contributed by atoms with Crippen LogP contribution in [-0.4, -0.2) is 26.4 Å². The summed E-state index contributed by atoms with van der Waals surface area (Å²) in [6.45, 7) is 5.58. The molecule has 17 heavy (non-hydrogen) atoms. The van der Waals surface area contributed by atoms with Gasteiger partial charge in [-0.25, -0.2) is 0 Å². The van der Waals surface area contributed by atoms with Crippen LogP contribution >= 0.6 is 0 Å². The molecule has 3 rings (SSSR count). The maximum atomic E-state index is 4.33. The van der Waals surface area contributed by atoms with Crippen LogP contribution in [0.3, 0.4) is 0 Å². The molecule has 5 heteroatoms. The highest BCUT2D eigenvalue weighted by molar-refractivity contribution is 5.35. The molecule has 1 N–H and O–H groups in total. The third-order valence-electron chi connectivity index (χ3n) is 3.59. The second-order valence-electron chi connectivity index (χ2n) is 5.33. The van der Waals surface area contributed by atoms with Crippen LogP contribution in [-0.2, 0) is 0 Å². The molecular formula is C12H17N5. The lowest BCUT2D eigenvalue weighted by atomic mass is 9.77. The highest BCUT2D eigenvalue weighted by Crippen LogP contribution is 2.39. The Kier molecular flexibility index (Phi) is 2.36. The van der Waals surface area contributed by atoms with Crippen LogP contribution in [0, 0.1) is 5.41 Å². The van der Waals surface area contributed by atoms with Gasteiger partial charge in [0.05, 0.1) is 6.04 Å². The van der Waals surface area contributed by atoms with Crippen LogP contribution in [0.1, 0.15) is 38.6 Å². The van der Waals surface area contributed by atoms with Crippen molar-refractivity contribution in [3.63, 3.8) is 0 Å². The van der Waals surface area contributed by atoms with E-state index in [4.69, 9.17) is 0 Å². The van der Waals surface area contributed by atoms with Gasteiger partial charge in [-0.2, -0.15) is 9.61 Å². The van der Waals surface area contributed by atoms with E-state index in [1.807, 2.05) is 16.6 Å². The summed E-state index contributed by atoms with van der Waals surface area (Å²) in [7, 11) is 0. The lowest BCUT2D eigenvalue weighted by Gasteiger charge is -2.38. The number of piperidine rings is 1. The molecule has 1 atom stereocenters. The van der Waals surface area contributed by atoms with Crippen LogP contribution < -0.4 is 5.32 Å². The number of aromatic nitrogens is 4. The predicted octanol–water partition coefficient (Wildman–Crippen LogP) is 1.57. The van der Waals surface area contributed by atoms with Crippen LogP contribution in [0.25, 0.3) is 5.65 Å². The van der Waals surface area contributed by atoms with Gasteiger partial charge in [0.25, 0.3) is 0 Å². The quantitative estimate of drug-likeness (QED) is 0.809. The van der Waals surface area contributed by atoms with Crippen LogP contribution in [0.5, 0.6) is 0 Å². The minimum Gasteiger partial charge on any atom is -0.307 e. The van der Waals surface area contributed by atoms with E-state index in [1.165, 1.54) is 12.8 Å². The molecule has 0 aliphatic carbocycles. The standard InChI is InChI=1S/C12H17N5/c1-12(2)6-4-7-13-10(12)11-16-15-9-5-3-8-14-17(9)11/h3,5,8,10,13H,4,6-7H2,1-2H3. The largest absolute Gasteiger partial charge is 0.307 e. The van der Waals surface area contributed by atoms with Gasteiger partial charge < -0.3 is 5.32 Å². The average Bonchev–Trinajstić information content (AvgIpc) is 2.72. The molecule has 0 amide bonds. The Morgan fingerprint density at radius 2 is 2.29 bits per heavy atom. The Bertz CT molecular complexity index is 530. The monoisotopic (exact) mass is 231 g/mol. The van der Waals surface area contributed by atoms with E-state index in [-0.39, 0.29) is 11.5 Å². The predicted molar refractivity (Wildman–Crippen MR) is 64.5 cm³/mol. The Hall–Kier alpha value is -1.49. The van der Waals surface area contributed by atoms with Crippen molar-refractivity contribution in [2.24, 2.45) is 5.41 Å². The van der Waals surface area contributed by atoms with Gasteiger partial charge in [-0.05, 0) is 36.9 Å². The molecule has 0 radical (unpaired) electrons. The zero-order valence-corrected chi connectivity index (χ0v) is 10.2. The molecule has 0 spiro atoms. The molecule has 1 aliphatic rings. The SMILES string of the molecule is CC1(C)CCCNC1c1nnc2cccnn12. The van der Waals surface area contributed by atoms with Crippen LogP contribution in [0.15, 0.2) is 18.3 Å². The van der Waals surface area contributed by atoms with Gasteiger partial charge in [0.2, 0.25) is 0 Å². The van der Waals surface area contributed by atoms with Gasteiger partial charge >= 0.3 is 0 Å². The van der Waals surface area contributed by atoms with E-state index in [9.17, 15) is 0 Å². The normalized spacial score (nSPS) is 24.0. The van der Waals surface area contributed by atoms with E-state index in [1.54, 1.807) is 6.20 Å². The Morgan fingerprint density at radius 3 is 3.12 bits per heavy atom. The van der Waals surface area contributed by atoms with E-state index in [0.29, 0.717) is 0 Å². The molecule has 2 aromatic heterocycles. The van der Waals surface area contributed by atoms with Crippen molar-refractivity contribution in [2.75, 3.05) is 6.54 Å². The summed E-state index contributed by atoms with van der Waals surface area (Å²) < 4.78 is 1.84. The number of nitrogens with one attached hydrogen (secondary N) is 1. The van der Waals surface area contributed by atoms with Gasteiger partial charge in [0.1, 0.15) is 0 Å². The third-order valence-corrected chi connectivity index (χ3v) is 3.59. The molecule has 1 aliphatic heterocycles. The third kappa shape index (κ3) is 1.70. The summed E-state index contributed by atoms with van der Waals surface area (Å²) in [5.74, 6) is 0.922. The highest BCUT2D eigenvalue weighted by Gasteiger charge is 2.36. The summed E-state index contributed by atoms with van der Waals surface area (Å²) in [4.78, 5) is 0. The lowest BCUT2D eigenvalue weighted by Crippen LogP contribution is -2.40. The van der Waals surface area contributed by atoms with Crippen molar-refractivity contribution in [3.05, 3.63) is 24.2 Å². The summed E-state index contributed by atoms with van der Waals surface area (Å²) >= 11 is 0. The van der Waals surface area contributed by atoms with Crippen LogP contribution in [0.4, 0.5) is 0 Å².